The molecule has 4 heteroatoms. The van der Waals surface area contributed by atoms with Crippen LogP contribution in [-0.2, 0) is 6.42 Å². The number of fused-ring (bicyclic) bond motifs is 2. The van der Waals surface area contributed by atoms with Crippen LogP contribution in [0.1, 0.15) is 38.3 Å². The molecule has 3 heterocycles. The summed E-state index contributed by atoms with van der Waals surface area (Å²) >= 11 is 1.80. The summed E-state index contributed by atoms with van der Waals surface area (Å²) in [6, 6.07) is 1.73. The van der Waals surface area contributed by atoms with Crippen LogP contribution in [0.5, 0.6) is 0 Å². The van der Waals surface area contributed by atoms with Gasteiger partial charge in [0.05, 0.1) is 5.69 Å². The Morgan fingerprint density at radius 1 is 1.44 bits per heavy atom. The summed E-state index contributed by atoms with van der Waals surface area (Å²) in [6.45, 7) is 2.17. The van der Waals surface area contributed by atoms with Gasteiger partial charge in [0.2, 0.25) is 0 Å². The molecule has 0 saturated carbocycles. The summed E-state index contributed by atoms with van der Waals surface area (Å²) in [5.41, 5.74) is 7.31. The van der Waals surface area contributed by atoms with Gasteiger partial charge < -0.3 is 10.6 Å². The van der Waals surface area contributed by atoms with Crippen LogP contribution < -0.4 is 10.6 Å². The van der Waals surface area contributed by atoms with Gasteiger partial charge in [-0.15, -0.1) is 11.3 Å². The van der Waals surface area contributed by atoms with Gasteiger partial charge in [-0.05, 0) is 32.1 Å². The van der Waals surface area contributed by atoms with E-state index in [1.54, 1.807) is 11.3 Å². The quantitative estimate of drug-likeness (QED) is 0.857. The molecule has 1 aromatic rings. The van der Waals surface area contributed by atoms with Gasteiger partial charge in [-0.1, -0.05) is 6.92 Å². The van der Waals surface area contributed by atoms with Gasteiger partial charge in [-0.3, -0.25) is 0 Å². The zero-order valence-electron chi connectivity index (χ0n) is 9.72. The number of anilines is 1. The number of rotatable bonds is 2. The van der Waals surface area contributed by atoms with Crippen LogP contribution in [0.3, 0.4) is 0 Å². The van der Waals surface area contributed by atoms with Crippen molar-refractivity contribution in [1.29, 1.82) is 0 Å². The summed E-state index contributed by atoms with van der Waals surface area (Å²) < 4.78 is 0. The standard InChI is InChI=1S/C12H19N3S/c1-2-9-7-16-12(14-9)15-10-3-4-11(15)6-8(13)5-10/h7-8,10-11H,2-6,13H2,1H3. The van der Waals surface area contributed by atoms with Gasteiger partial charge in [0.1, 0.15) is 0 Å². The Labute approximate surface area is 101 Å². The van der Waals surface area contributed by atoms with Crippen LogP contribution in [0.4, 0.5) is 5.13 Å². The number of aryl methyl sites for hydroxylation is 1. The Morgan fingerprint density at radius 3 is 2.69 bits per heavy atom. The Bertz CT molecular complexity index is 362. The van der Waals surface area contributed by atoms with Crippen molar-refractivity contribution in [3.8, 4) is 0 Å². The van der Waals surface area contributed by atoms with Crippen LogP contribution in [0.2, 0.25) is 0 Å². The Kier molecular flexibility index (Phi) is 2.64. The predicted octanol–water partition coefficient (Wildman–Crippen LogP) is 2.16. The molecule has 0 aromatic carbocycles. The van der Waals surface area contributed by atoms with Gasteiger partial charge in [0.25, 0.3) is 0 Å². The molecular formula is C12H19N3S. The maximum atomic E-state index is 6.08. The lowest BCUT2D eigenvalue weighted by atomic mass is 9.99. The van der Waals surface area contributed by atoms with Crippen molar-refractivity contribution < 1.29 is 0 Å². The highest BCUT2D eigenvalue weighted by molar-refractivity contribution is 7.13. The van der Waals surface area contributed by atoms with Crippen molar-refractivity contribution in [1.82, 2.24) is 4.98 Å². The first-order valence-electron chi connectivity index (χ1n) is 6.26. The summed E-state index contributed by atoms with van der Waals surface area (Å²) in [4.78, 5) is 7.27. The van der Waals surface area contributed by atoms with Crippen molar-refractivity contribution in [3.05, 3.63) is 11.1 Å². The van der Waals surface area contributed by atoms with E-state index in [2.05, 4.69) is 17.2 Å². The second kappa shape index (κ2) is 4.00. The zero-order chi connectivity index (χ0) is 11.1. The molecule has 16 heavy (non-hydrogen) atoms. The summed E-state index contributed by atoms with van der Waals surface area (Å²) in [7, 11) is 0. The molecule has 1 aromatic heterocycles. The van der Waals surface area contributed by atoms with Gasteiger partial charge in [-0.2, -0.15) is 0 Å². The largest absolute Gasteiger partial charge is 0.342 e. The number of piperidine rings is 1. The zero-order valence-corrected chi connectivity index (χ0v) is 10.5. The van der Waals surface area contributed by atoms with Crippen LogP contribution in [-0.4, -0.2) is 23.1 Å². The van der Waals surface area contributed by atoms with E-state index in [1.807, 2.05) is 0 Å². The second-order valence-corrected chi connectivity index (χ2v) is 5.84. The van der Waals surface area contributed by atoms with E-state index in [-0.39, 0.29) is 0 Å². The summed E-state index contributed by atoms with van der Waals surface area (Å²) in [5, 5.41) is 3.43. The van der Waals surface area contributed by atoms with E-state index >= 15 is 0 Å². The number of hydrogen-bond donors (Lipinski definition) is 1. The Morgan fingerprint density at radius 2 is 2.12 bits per heavy atom. The fourth-order valence-corrected chi connectivity index (χ4v) is 4.16. The highest BCUT2D eigenvalue weighted by atomic mass is 32.1. The molecule has 0 amide bonds. The van der Waals surface area contributed by atoms with Crippen molar-refractivity contribution in [3.63, 3.8) is 0 Å². The lowest BCUT2D eigenvalue weighted by Gasteiger charge is -2.37. The number of thiazole rings is 1. The SMILES string of the molecule is CCc1csc(N2C3CCC2CC(N)C3)n1. The molecule has 0 radical (unpaired) electrons. The van der Waals surface area contributed by atoms with Gasteiger partial charge >= 0.3 is 0 Å². The number of nitrogens with two attached hydrogens (primary N) is 1. The monoisotopic (exact) mass is 237 g/mol. The van der Waals surface area contributed by atoms with E-state index in [9.17, 15) is 0 Å². The third kappa shape index (κ3) is 1.64. The maximum Gasteiger partial charge on any atom is 0.186 e. The van der Waals surface area contributed by atoms with Gasteiger partial charge in [0, 0.05) is 23.5 Å². The summed E-state index contributed by atoms with van der Waals surface area (Å²) in [5.74, 6) is 0. The van der Waals surface area contributed by atoms with E-state index in [4.69, 9.17) is 10.7 Å². The number of nitrogens with zero attached hydrogens (tertiary/aromatic N) is 2. The van der Waals surface area contributed by atoms with E-state index < -0.39 is 0 Å². The predicted molar refractivity (Wildman–Crippen MR) is 68.0 cm³/mol. The minimum atomic E-state index is 0.416. The Balaban J connectivity index is 1.85. The highest BCUT2D eigenvalue weighted by Crippen LogP contribution is 2.39. The van der Waals surface area contributed by atoms with Crippen molar-refractivity contribution in [2.45, 2.75) is 57.2 Å². The van der Waals surface area contributed by atoms with Crippen molar-refractivity contribution >= 4 is 16.5 Å². The lowest BCUT2D eigenvalue weighted by Crippen LogP contribution is -2.47. The molecule has 0 spiro atoms. The first-order chi connectivity index (χ1) is 7.78. The van der Waals surface area contributed by atoms with Gasteiger partial charge in [-0.25, -0.2) is 4.98 Å². The molecule has 2 atom stereocenters. The smallest absolute Gasteiger partial charge is 0.186 e. The molecule has 2 fully saturated rings. The van der Waals surface area contributed by atoms with E-state index in [0.717, 1.165) is 19.3 Å². The van der Waals surface area contributed by atoms with Crippen LogP contribution in [0.15, 0.2) is 5.38 Å². The topological polar surface area (TPSA) is 42.1 Å². The summed E-state index contributed by atoms with van der Waals surface area (Å²) in [6.07, 6.45) is 5.95. The number of hydrogen-bond acceptors (Lipinski definition) is 4. The maximum absolute atomic E-state index is 6.08. The molecule has 3 nitrogen and oxygen atoms in total. The molecule has 2 aliphatic rings. The minimum absolute atomic E-state index is 0.416. The molecule has 2 N–H and O–H groups in total. The van der Waals surface area contributed by atoms with E-state index in [1.165, 1.54) is 23.7 Å². The van der Waals surface area contributed by atoms with Gasteiger partial charge in [0.15, 0.2) is 5.13 Å². The van der Waals surface area contributed by atoms with Crippen LogP contribution in [0.25, 0.3) is 0 Å². The molecule has 2 saturated heterocycles. The first-order valence-corrected chi connectivity index (χ1v) is 7.14. The normalized spacial score (nSPS) is 33.4. The fourth-order valence-electron chi connectivity index (χ4n) is 3.11. The molecule has 0 aliphatic carbocycles. The van der Waals surface area contributed by atoms with E-state index in [0.29, 0.717) is 18.1 Å². The highest BCUT2D eigenvalue weighted by Gasteiger charge is 2.40. The third-order valence-electron chi connectivity index (χ3n) is 3.89. The number of aromatic nitrogens is 1. The third-order valence-corrected chi connectivity index (χ3v) is 4.80. The average Bonchev–Trinajstić information content (AvgIpc) is 2.81. The molecule has 2 aliphatic heterocycles. The molecule has 88 valence electrons. The minimum Gasteiger partial charge on any atom is -0.342 e. The van der Waals surface area contributed by atoms with Crippen LogP contribution in [0, 0.1) is 0 Å². The molecular weight excluding hydrogens is 218 g/mol. The average molecular weight is 237 g/mol. The second-order valence-electron chi connectivity index (χ2n) is 5.00. The van der Waals surface area contributed by atoms with Crippen molar-refractivity contribution in [2.24, 2.45) is 5.73 Å². The fraction of sp³-hybridized carbons (Fsp3) is 0.750. The van der Waals surface area contributed by atoms with Crippen molar-refractivity contribution in [2.75, 3.05) is 4.90 Å². The molecule has 2 unspecified atom stereocenters. The molecule has 2 bridgehead atoms. The molecule has 3 rings (SSSR count). The van der Waals surface area contributed by atoms with Crippen LogP contribution >= 0.6 is 11.3 Å². The Hall–Kier alpha value is -0.610. The lowest BCUT2D eigenvalue weighted by molar-refractivity contribution is 0.414. The first kappa shape index (κ1) is 10.5.